The fraction of sp³-hybridized carbons (Fsp3) is 0.174. The lowest BCUT2D eigenvalue weighted by molar-refractivity contribution is -0.135. The summed E-state index contributed by atoms with van der Waals surface area (Å²) >= 11 is 6.04. The van der Waals surface area contributed by atoms with Crippen LogP contribution in [0.5, 0.6) is 17.2 Å². The predicted molar refractivity (Wildman–Crippen MR) is 110 cm³/mol. The molecule has 5 nitrogen and oxygen atoms in total. The molecule has 0 spiro atoms. The number of fused-ring (bicyclic) bond motifs is 1. The van der Waals surface area contributed by atoms with Crippen LogP contribution in [-0.4, -0.2) is 18.8 Å². The summed E-state index contributed by atoms with van der Waals surface area (Å²) in [5.74, 6) is 1.29. The van der Waals surface area contributed by atoms with Crippen LogP contribution >= 0.6 is 11.6 Å². The highest BCUT2D eigenvalue weighted by Gasteiger charge is 2.51. The van der Waals surface area contributed by atoms with Gasteiger partial charge in [0.05, 0.1) is 0 Å². The number of anilines is 1. The lowest BCUT2D eigenvalue weighted by Crippen LogP contribution is -2.61. The van der Waals surface area contributed by atoms with Crippen LogP contribution in [0.25, 0.3) is 0 Å². The number of aryl methyl sites for hydroxylation is 1. The molecule has 3 aromatic carbocycles. The smallest absolute Gasteiger partial charge is 0.271 e. The van der Waals surface area contributed by atoms with Crippen molar-refractivity contribution >= 4 is 23.2 Å². The normalized spacial score (nSPS) is 19.6. The molecule has 0 saturated carbocycles. The van der Waals surface area contributed by atoms with Crippen LogP contribution in [-0.2, 0) is 4.79 Å². The number of carbonyl (C=O) groups excluding carboxylic acids is 1. The molecule has 2 heterocycles. The SMILES string of the molecule is Cc1cc(Cl)ccc1O[C@H]1C(=O)N(c2ccc(F)cc2)[C@H]1c1ccc2c(c1)OCO2. The van der Waals surface area contributed by atoms with Crippen LogP contribution < -0.4 is 19.1 Å². The van der Waals surface area contributed by atoms with E-state index in [1.54, 1.807) is 35.2 Å². The molecule has 5 rings (SSSR count). The van der Waals surface area contributed by atoms with E-state index in [2.05, 4.69) is 0 Å². The molecule has 2 aliphatic rings. The van der Waals surface area contributed by atoms with Gasteiger partial charge in [-0.25, -0.2) is 4.39 Å². The first kappa shape index (κ1) is 18.8. The number of hydrogen-bond acceptors (Lipinski definition) is 4. The van der Waals surface area contributed by atoms with Crippen LogP contribution in [0.3, 0.4) is 0 Å². The largest absolute Gasteiger partial charge is 0.478 e. The molecule has 0 unspecified atom stereocenters. The van der Waals surface area contributed by atoms with E-state index in [0.29, 0.717) is 28.0 Å². The van der Waals surface area contributed by atoms with E-state index in [4.69, 9.17) is 25.8 Å². The molecular weight excluding hydrogens is 409 g/mol. The fourth-order valence-electron chi connectivity index (χ4n) is 3.77. The number of rotatable bonds is 4. The van der Waals surface area contributed by atoms with Crippen LogP contribution in [0.1, 0.15) is 17.2 Å². The minimum atomic E-state index is -0.740. The Morgan fingerprint density at radius 2 is 1.80 bits per heavy atom. The quantitative estimate of drug-likeness (QED) is 0.549. The molecule has 0 radical (unpaired) electrons. The Balaban J connectivity index is 1.52. The van der Waals surface area contributed by atoms with Gasteiger partial charge < -0.3 is 14.2 Å². The summed E-state index contributed by atoms with van der Waals surface area (Å²) in [6.07, 6.45) is -0.740. The molecule has 0 aliphatic carbocycles. The van der Waals surface area contributed by atoms with Gasteiger partial charge in [0.1, 0.15) is 17.6 Å². The Morgan fingerprint density at radius 3 is 2.57 bits per heavy atom. The molecule has 1 saturated heterocycles. The maximum Gasteiger partial charge on any atom is 0.271 e. The molecule has 152 valence electrons. The second-order valence-electron chi connectivity index (χ2n) is 7.19. The molecule has 0 N–H and O–H groups in total. The first-order chi connectivity index (χ1) is 14.5. The molecule has 3 aromatic rings. The Kier molecular flexibility index (Phi) is 4.51. The number of amides is 1. The fourth-order valence-corrected chi connectivity index (χ4v) is 4.00. The number of benzene rings is 3. The number of halogens is 2. The van der Waals surface area contributed by atoms with Gasteiger partial charge in [0.15, 0.2) is 11.5 Å². The number of carbonyl (C=O) groups is 1. The monoisotopic (exact) mass is 425 g/mol. The maximum atomic E-state index is 13.4. The first-order valence-corrected chi connectivity index (χ1v) is 9.80. The summed E-state index contributed by atoms with van der Waals surface area (Å²) in [5.41, 5.74) is 2.26. The standard InChI is InChI=1S/C23H17ClFNO4/c1-13-10-15(24)3-9-18(13)30-22-21(14-2-8-19-20(11-14)29-12-28-19)26(23(22)27)17-6-4-16(25)5-7-17/h2-11,21-22H,12H2,1H3/t21-,22+/m0/s1. The van der Waals surface area contributed by atoms with Crippen molar-refractivity contribution in [2.24, 2.45) is 0 Å². The summed E-state index contributed by atoms with van der Waals surface area (Å²) in [4.78, 5) is 14.7. The number of hydrogen-bond donors (Lipinski definition) is 0. The van der Waals surface area contributed by atoms with Crippen molar-refractivity contribution in [3.05, 3.63) is 82.6 Å². The van der Waals surface area contributed by atoms with Crippen molar-refractivity contribution in [3.8, 4) is 17.2 Å². The molecule has 0 aromatic heterocycles. The van der Waals surface area contributed by atoms with Crippen molar-refractivity contribution < 1.29 is 23.4 Å². The lowest BCUT2D eigenvalue weighted by Gasteiger charge is -2.46. The Labute approximate surface area is 177 Å². The van der Waals surface area contributed by atoms with E-state index in [0.717, 1.165) is 11.1 Å². The third-order valence-corrected chi connectivity index (χ3v) is 5.51. The van der Waals surface area contributed by atoms with Gasteiger partial charge in [-0.3, -0.25) is 9.69 Å². The van der Waals surface area contributed by atoms with Gasteiger partial charge >= 0.3 is 0 Å². The van der Waals surface area contributed by atoms with E-state index in [1.807, 2.05) is 25.1 Å². The molecule has 2 atom stereocenters. The molecule has 30 heavy (non-hydrogen) atoms. The molecule has 1 fully saturated rings. The third kappa shape index (κ3) is 3.13. The van der Waals surface area contributed by atoms with Crippen molar-refractivity contribution in [2.75, 3.05) is 11.7 Å². The van der Waals surface area contributed by atoms with Crippen molar-refractivity contribution in [3.63, 3.8) is 0 Å². The van der Waals surface area contributed by atoms with Crippen molar-refractivity contribution in [1.29, 1.82) is 0 Å². The highest BCUT2D eigenvalue weighted by molar-refractivity contribution is 6.30. The van der Waals surface area contributed by atoms with Crippen LogP contribution in [0.2, 0.25) is 5.02 Å². The van der Waals surface area contributed by atoms with Gasteiger partial charge in [-0.2, -0.15) is 0 Å². The van der Waals surface area contributed by atoms with Gasteiger partial charge in [0, 0.05) is 10.7 Å². The topological polar surface area (TPSA) is 48.0 Å². The highest BCUT2D eigenvalue weighted by atomic mass is 35.5. The second-order valence-corrected chi connectivity index (χ2v) is 7.63. The van der Waals surface area contributed by atoms with Gasteiger partial charge in [-0.05, 0) is 72.6 Å². The molecule has 1 amide bonds. The highest BCUT2D eigenvalue weighted by Crippen LogP contribution is 2.44. The Morgan fingerprint density at radius 1 is 1.03 bits per heavy atom. The van der Waals surface area contributed by atoms with Crippen molar-refractivity contribution in [2.45, 2.75) is 19.1 Å². The van der Waals surface area contributed by atoms with E-state index >= 15 is 0 Å². The summed E-state index contributed by atoms with van der Waals surface area (Å²) in [6, 6.07) is 16.2. The van der Waals surface area contributed by atoms with Crippen LogP contribution in [0, 0.1) is 12.7 Å². The van der Waals surface area contributed by atoms with Gasteiger partial charge in [0.2, 0.25) is 12.9 Å². The van der Waals surface area contributed by atoms with Gasteiger partial charge in [-0.15, -0.1) is 0 Å². The number of ether oxygens (including phenoxy) is 3. The zero-order valence-corrected chi connectivity index (χ0v) is 16.7. The summed E-state index contributed by atoms with van der Waals surface area (Å²) in [7, 11) is 0. The average molecular weight is 426 g/mol. The Bertz CT molecular complexity index is 1130. The summed E-state index contributed by atoms with van der Waals surface area (Å²) in [6.45, 7) is 2.03. The second kappa shape index (κ2) is 7.22. The van der Waals surface area contributed by atoms with Crippen LogP contribution in [0.4, 0.5) is 10.1 Å². The third-order valence-electron chi connectivity index (χ3n) is 5.28. The van der Waals surface area contributed by atoms with Crippen LogP contribution in [0.15, 0.2) is 60.7 Å². The Hall–Kier alpha value is -3.25. The van der Waals surface area contributed by atoms with E-state index in [9.17, 15) is 9.18 Å². The predicted octanol–water partition coefficient (Wildman–Crippen LogP) is 5.05. The summed E-state index contributed by atoms with van der Waals surface area (Å²) < 4.78 is 30.4. The van der Waals surface area contributed by atoms with E-state index in [-0.39, 0.29) is 18.5 Å². The molecule has 0 bridgehead atoms. The van der Waals surface area contributed by atoms with E-state index in [1.165, 1.54) is 12.1 Å². The molecular formula is C23H17ClFNO4. The lowest BCUT2D eigenvalue weighted by atomic mass is 9.89. The first-order valence-electron chi connectivity index (χ1n) is 9.42. The minimum Gasteiger partial charge on any atom is -0.478 e. The van der Waals surface area contributed by atoms with Gasteiger partial charge in [-0.1, -0.05) is 17.7 Å². The number of nitrogens with zero attached hydrogens (tertiary/aromatic N) is 1. The molecule has 7 heteroatoms. The summed E-state index contributed by atoms with van der Waals surface area (Å²) in [5, 5.41) is 0.597. The molecule has 2 aliphatic heterocycles. The maximum absolute atomic E-state index is 13.4. The van der Waals surface area contributed by atoms with E-state index < -0.39 is 12.1 Å². The number of β-lactam (4-membered cyclic amide) rings is 1. The van der Waals surface area contributed by atoms with Crippen molar-refractivity contribution in [1.82, 2.24) is 0 Å². The minimum absolute atomic E-state index is 0.161. The zero-order chi connectivity index (χ0) is 20.8. The zero-order valence-electron chi connectivity index (χ0n) is 16.0. The average Bonchev–Trinajstić information content (AvgIpc) is 3.20. The van der Waals surface area contributed by atoms with Gasteiger partial charge in [0.25, 0.3) is 5.91 Å².